The Kier molecular flexibility index (Phi) is 2.52. The van der Waals surface area contributed by atoms with Crippen molar-refractivity contribution in [3.05, 3.63) is 29.7 Å². The number of carbonyl (C=O) groups is 1. The van der Waals surface area contributed by atoms with Gasteiger partial charge in [0, 0.05) is 11.6 Å². The molecule has 0 radical (unpaired) electrons. The first-order valence-electron chi connectivity index (χ1n) is 4.61. The second-order valence-corrected chi connectivity index (χ2v) is 3.20. The van der Waals surface area contributed by atoms with Crippen LogP contribution >= 0.6 is 0 Å². The molecule has 0 unspecified atom stereocenters. The monoisotopic (exact) mass is 223 g/mol. The van der Waals surface area contributed by atoms with E-state index in [1.807, 2.05) is 0 Å². The van der Waals surface area contributed by atoms with E-state index in [2.05, 4.69) is 9.72 Å². The van der Waals surface area contributed by atoms with E-state index in [-0.39, 0.29) is 11.3 Å². The molecule has 1 aromatic carbocycles. The molecule has 1 aromatic heterocycles. The SMILES string of the molecule is COC(=O)c1c[nH]c2c(F)c(OC)ccc12. The van der Waals surface area contributed by atoms with E-state index in [1.54, 1.807) is 6.07 Å². The maximum absolute atomic E-state index is 13.7. The van der Waals surface area contributed by atoms with Gasteiger partial charge in [-0.15, -0.1) is 0 Å². The van der Waals surface area contributed by atoms with E-state index in [0.717, 1.165) is 0 Å². The van der Waals surface area contributed by atoms with Crippen molar-refractivity contribution < 1.29 is 18.7 Å². The number of fused-ring (bicyclic) bond motifs is 1. The lowest BCUT2D eigenvalue weighted by Gasteiger charge is -2.02. The molecule has 0 saturated carbocycles. The van der Waals surface area contributed by atoms with Crippen molar-refractivity contribution >= 4 is 16.9 Å². The van der Waals surface area contributed by atoms with E-state index in [9.17, 15) is 9.18 Å². The molecule has 1 heterocycles. The first kappa shape index (κ1) is 10.5. The standard InChI is InChI=1S/C11H10FNO3/c1-15-8-4-3-6-7(11(14)16-2)5-13-10(6)9(8)12/h3-5,13H,1-2H3. The Morgan fingerprint density at radius 1 is 1.38 bits per heavy atom. The molecule has 2 aromatic rings. The Bertz CT molecular complexity index is 547. The molecule has 0 atom stereocenters. The third kappa shape index (κ3) is 1.41. The average Bonchev–Trinajstić information content (AvgIpc) is 2.73. The fourth-order valence-corrected chi connectivity index (χ4v) is 1.58. The molecule has 0 saturated heterocycles. The van der Waals surface area contributed by atoms with Crippen molar-refractivity contribution in [2.75, 3.05) is 14.2 Å². The predicted octanol–water partition coefficient (Wildman–Crippen LogP) is 2.10. The van der Waals surface area contributed by atoms with Crippen LogP contribution in [0.2, 0.25) is 0 Å². The Morgan fingerprint density at radius 2 is 2.12 bits per heavy atom. The summed E-state index contributed by atoms with van der Waals surface area (Å²) in [6.07, 6.45) is 1.42. The highest BCUT2D eigenvalue weighted by Crippen LogP contribution is 2.27. The average molecular weight is 223 g/mol. The highest BCUT2D eigenvalue weighted by Gasteiger charge is 2.16. The maximum atomic E-state index is 13.7. The third-order valence-electron chi connectivity index (χ3n) is 2.38. The number of methoxy groups -OCH3 is 2. The van der Waals surface area contributed by atoms with Gasteiger partial charge in [-0.25, -0.2) is 9.18 Å². The molecule has 0 aliphatic heterocycles. The molecule has 0 aliphatic carbocycles. The van der Waals surface area contributed by atoms with Crippen molar-refractivity contribution in [2.24, 2.45) is 0 Å². The number of carbonyl (C=O) groups excluding carboxylic acids is 1. The number of esters is 1. The van der Waals surface area contributed by atoms with Gasteiger partial charge in [0.15, 0.2) is 11.6 Å². The van der Waals surface area contributed by atoms with Gasteiger partial charge in [0.05, 0.1) is 25.3 Å². The zero-order chi connectivity index (χ0) is 11.7. The first-order chi connectivity index (χ1) is 7.69. The second-order valence-electron chi connectivity index (χ2n) is 3.20. The Hall–Kier alpha value is -2.04. The van der Waals surface area contributed by atoms with Gasteiger partial charge in [0.1, 0.15) is 0 Å². The molecule has 0 amide bonds. The van der Waals surface area contributed by atoms with E-state index in [0.29, 0.717) is 10.9 Å². The Labute approximate surface area is 91.0 Å². The number of hydrogen-bond acceptors (Lipinski definition) is 3. The molecule has 5 heteroatoms. The minimum Gasteiger partial charge on any atom is -0.494 e. The number of nitrogens with one attached hydrogen (secondary N) is 1. The highest BCUT2D eigenvalue weighted by atomic mass is 19.1. The first-order valence-corrected chi connectivity index (χ1v) is 4.61. The van der Waals surface area contributed by atoms with E-state index in [1.165, 1.54) is 26.5 Å². The number of halogens is 1. The summed E-state index contributed by atoms with van der Waals surface area (Å²) in [6, 6.07) is 3.08. The molecular weight excluding hydrogens is 213 g/mol. The van der Waals surface area contributed by atoms with Crippen LogP contribution in [0.1, 0.15) is 10.4 Å². The molecule has 0 aliphatic rings. The number of hydrogen-bond donors (Lipinski definition) is 1. The van der Waals surface area contributed by atoms with E-state index >= 15 is 0 Å². The second kappa shape index (κ2) is 3.84. The van der Waals surface area contributed by atoms with Crippen molar-refractivity contribution in [3.8, 4) is 5.75 Å². The number of aromatic amines is 1. The van der Waals surface area contributed by atoms with E-state index in [4.69, 9.17) is 4.74 Å². The van der Waals surface area contributed by atoms with Crippen LogP contribution in [0.5, 0.6) is 5.75 Å². The molecule has 0 bridgehead atoms. The van der Waals surface area contributed by atoms with Crippen LogP contribution in [0, 0.1) is 5.82 Å². The minimum absolute atomic E-state index is 0.130. The Balaban J connectivity index is 2.67. The van der Waals surface area contributed by atoms with Crippen molar-refractivity contribution in [3.63, 3.8) is 0 Å². The molecule has 4 nitrogen and oxygen atoms in total. The number of benzene rings is 1. The molecule has 84 valence electrons. The third-order valence-corrected chi connectivity index (χ3v) is 2.38. The lowest BCUT2D eigenvalue weighted by Crippen LogP contribution is -1.99. The zero-order valence-electron chi connectivity index (χ0n) is 8.83. The predicted molar refractivity (Wildman–Crippen MR) is 56.1 cm³/mol. The summed E-state index contributed by atoms with van der Waals surface area (Å²) in [6.45, 7) is 0. The van der Waals surface area contributed by atoms with Gasteiger partial charge in [-0.1, -0.05) is 0 Å². The van der Waals surface area contributed by atoms with Crippen molar-refractivity contribution in [1.82, 2.24) is 4.98 Å². The number of rotatable bonds is 2. The number of H-pyrrole nitrogens is 1. The maximum Gasteiger partial charge on any atom is 0.340 e. The van der Waals surface area contributed by atoms with E-state index < -0.39 is 11.8 Å². The van der Waals surface area contributed by atoms with Crippen LogP contribution in [-0.2, 0) is 4.74 Å². The van der Waals surface area contributed by atoms with Crippen LogP contribution < -0.4 is 4.74 Å². The summed E-state index contributed by atoms with van der Waals surface area (Å²) in [4.78, 5) is 14.0. The summed E-state index contributed by atoms with van der Waals surface area (Å²) in [5.41, 5.74) is 0.541. The Morgan fingerprint density at radius 3 is 2.75 bits per heavy atom. The smallest absolute Gasteiger partial charge is 0.340 e. The quantitative estimate of drug-likeness (QED) is 0.793. The lowest BCUT2D eigenvalue weighted by molar-refractivity contribution is 0.0603. The summed E-state index contributed by atoms with van der Waals surface area (Å²) in [5, 5.41) is 0.477. The van der Waals surface area contributed by atoms with Crippen LogP contribution in [-0.4, -0.2) is 25.2 Å². The zero-order valence-corrected chi connectivity index (χ0v) is 8.83. The van der Waals surface area contributed by atoms with Gasteiger partial charge in [-0.3, -0.25) is 0 Å². The summed E-state index contributed by atoms with van der Waals surface area (Å²) >= 11 is 0. The molecule has 0 fully saturated rings. The van der Waals surface area contributed by atoms with Gasteiger partial charge in [0.2, 0.25) is 0 Å². The van der Waals surface area contributed by atoms with Gasteiger partial charge in [-0.2, -0.15) is 0 Å². The molecule has 0 spiro atoms. The molecule has 16 heavy (non-hydrogen) atoms. The summed E-state index contributed by atoms with van der Waals surface area (Å²) in [7, 11) is 2.66. The van der Waals surface area contributed by atoms with Gasteiger partial charge >= 0.3 is 5.97 Å². The summed E-state index contributed by atoms with van der Waals surface area (Å²) in [5.74, 6) is -0.892. The van der Waals surface area contributed by atoms with Crippen LogP contribution in [0.4, 0.5) is 4.39 Å². The molecule has 2 rings (SSSR count). The fourth-order valence-electron chi connectivity index (χ4n) is 1.58. The van der Waals surface area contributed by atoms with Crippen molar-refractivity contribution in [2.45, 2.75) is 0 Å². The largest absolute Gasteiger partial charge is 0.494 e. The minimum atomic E-state index is -0.518. The topological polar surface area (TPSA) is 51.3 Å². The number of ether oxygens (including phenoxy) is 2. The fraction of sp³-hybridized carbons (Fsp3) is 0.182. The van der Waals surface area contributed by atoms with Gasteiger partial charge in [0.25, 0.3) is 0 Å². The normalized spacial score (nSPS) is 10.4. The van der Waals surface area contributed by atoms with Crippen molar-refractivity contribution in [1.29, 1.82) is 0 Å². The van der Waals surface area contributed by atoms with Crippen LogP contribution in [0.3, 0.4) is 0 Å². The van der Waals surface area contributed by atoms with Gasteiger partial charge < -0.3 is 14.5 Å². The molecular formula is C11H10FNO3. The highest BCUT2D eigenvalue weighted by molar-refractivity contribution is 6.04. The number of aromatic nitrogens is 1. The molecule has 1 N–H and O–H groups in total. The summed E-state index contributed by atoms with van der Waals surface area (Å²) < 4.78 is 23.2. The van der Waals surface area contributed by atoms with Crippen LogP contribution in [0.25, 0.3) is 10.9 Å². The van der Waals surface area contributed by atoms with Crippen LogP contribution in [0.15, 0.2) is 18.3 Å². The van der Waals surface area contributed by atoms with Gasteiger partial charge in [-0.05, 0) is 12.1 Å². The lowest BCUT2D eigenvalue weighted by atomic mass is 10.1.